The lowest BCUT2D eigenvalue weighted by Crippen LogP contribution is -2.33. The Bertz CT molecular complexity index is 797. The molecule has 2 saturated heterocycles. The van der Waals surface area contributed by atoms with E-state index in [1.54, 1.807) is 6.07 Å². The van der Waals surface area contributed by atoms with Crippen LogP contribution in [0.15, 0.2) is 18.1 Å². The number of likely N-dealkylation sites (tertiary alicyclic amines) is 1. The minimum atomic E-state index is -0.989. The van der Waals surface area contributed by atoms with Gasteiger partial charge in [0.05, 0.1) is 5.02 Å². The van der Waals surface area contributed by atoms with Crippen molar-refractivity contribution in [1.29, 1.82) is 0 Å². The van der Waals surface area contributed by atoms with E-state index in [0.717, 1.165) is 38.4 Å². The maximum absolute atomic E-state index is 14.2. The van der Waals surface area contributed by atoms with Crippen LogP contribution in [0.3, 0.4) is 0 Å². The number of hydroxylamine groups is 1. The van der Waals surface area contributed by atoms with E-state index in [0.29, 0.717) is 41.5 Å². The van der Waals surface area contributed by atoms with Crippen LogP contribution in [0.1, 0.15) is 56.9 Å². The molecule has 3 heterocycles. The SMILES string of the molecule is O=C(NOC1CCCCO1)/C(F)=C\c1cnc(N[C@@H]2CCN(C3CCCC3)C2)c(Cl)c1. The zero-order valence-electron chi connectivity index (χ0n) is 17.6. The fourth-order valence-corrected chi connectivity index (χ4v) is 4.75. The standard InChI is InChI=1S/C22H30ClFN4O3/c23-18-11-15(12-19(24)22(29)27-31-20-7-3-4-10-30-20)13-25-21(18)26-16-8-9-28(14-16)17-5-1-2-6-17/h11-13,16-17,20H,1-10,14H2,(H,25,26)(H,27,29)/b19-12+/t16-,20?/m1/s1. The summed E-state index contributed by atoms with van der Waals surface area (Å²) in [6, 6.07) is 2.61. The van der Waals surface area contributed by atoms with Crippen LogP contribution >= 0.6 is 11.6 Å². The Hall–Kier alpha value is -1.74. The van der Waals surface area contributed by atoms with Crippen LogP contribution in [0.2, 0.25) is 5.02 Å². The van der Waals surface area contributed by atoms with Gasteiger partial charge in [-0.05, 0) is 49.8 Å². The highest BCUT2D eigenvalue weighted by Crippen LogP contribution is 2.29. The van der Waals surface area contributed by atoms with Crippen LogP contribution in [0.25, 0.3) is 6.08 Å². The Kier molecular flexibility index (Phi) is 7.76. The summed E-state index contributed by atoms with van der Waals surface area (Å²) in [5.74, 6) is -1.37. The molecular weight excluding hydrogens is 423 g/mol. The highest BCUT2D eigenvalue weighted by atomic mass is 35.5. The van der Waals surface area contributed by atoms with Gasteiger partial charge < -0.3 is 10.1 Å². The van der Waals surface area contributed by atoms with Crippen LogP contribution < -0.4 is 10.8 Å². The van der Waals surface area contributed by atoms with E-state index in [4.69, 9.17) is 21.2 Å². The average Bonchev–Trinajstić information content (AvgIpc) is 3.46. The molecule has 1 aliphatic carbocycles. The number of hydrogen-bond acceptors (Lipinski definition) is 6. The van der Waals surface area contributed by atoms with E-state index in [9.17, 15) is 9.18 Å². The number of carbonyl (C=O) groups excluding carboxylic acids is 1. The molecule has 1 saturated carbocycles. The highest BCUT2D eigenvalue weighted by Gasteiger charge is 2.30. The molecule has 3 fully saturated rings. The molecule has 9 heteroatoms. The Balaban J connectivity index is 1.28. The molecule has 4 rings (SSSR count). The minimum absolute atomic E-state index is 0.300. The number of aromatic nitrogens is 1. The van der Waals surface area contributed by atoms with E-state index in [-0.39, 0.29) is 0 Å². The second-order valence-electron chi connectivity index (χ2n) is 8.50. The van der Waals surface area contributed by atoms with Crippen molar-refractivity contribution in [3.05, 3.63) is 28.7 Å². The number of rotatable bonds is 7. The number of anilines is 1. The van der Waals surface area contributed by atoms with Crippen molar-refractivity contribution in [2.24, 2.45) is 0 Å². The summed E-state index contributed by atoms with van der Waals surface area (Å²) >= 11 is 6.36. The third-order valence-corrected chi connectivity index (χ3v) is 6.48. The van der Waals surface area contributed by atoms with Crippen LogP contribution in [-0.4, -0.2) is 53.9 Å². The fourth-order valence-electron chi connectivity index (χ4n) is 4.52. The Labute approximate surface area is 187 Å². The molecule has 0 spiro atoms. The molecule has 2 N–H and O–H groups in total. The van der Waals surface area contributed by atoms with Gasteiger partial charge in [-0.15, -0.1) is 0 Å². The smallest absolute Gasteiger partial charge is 0.303 e. The second kappa shape index (κ2) is 10.7. The molecular formula is C22H30ClFN4O3. The molecule has 1 aromatic heterocycles. The topological polar surface area (TPSA) is 75.7 Å². The number of halogens is 2. The van der Waals surface area contributed by atoms with Crippen molar-refractivity contribution in [1.82, 2.24) is 15.4 Å². The molecule has 1 aromatic rings. The summed E-state index contributed by atoms with van der Waals surface area (Å²) in [4.78, 5) is 23.9. The Morgan fingerprint density at radius 2 is 2.06 bits per heavy atom. The summed E-state index contributed by atoms with van der Waals surface area (Å²) in [6.45, 7) is 2.65. The highest BCUT2D eigenvalue weighted by molar-refractivity contribution is 6.33. The number of nitrogens with zero attached hydrogens (tertiary/aromatic N) is 2. The predicted molar refractivity (Wildman–Crippen MR) is 117 cm³/mol. The lowest BCUT2D eigenvalue weighted by molar-refractivity contribution is -0.199. The molecule has 31 heavy (non-hydrogen) atoms. The van der Waals surface area contributed by atoms with Crippen molar-refractivity contribution in [2.45, 2.75) is 69.7 Å². The van der Waals surface area contributed by atoms with Crippen LogP contribution in [0.5, 0.6) is 0 Å². The Morgan fingerprint density at radius 3 is 2.81 bits per heavy atom. The van der Waals surface area contributed by atoms with Gasteiger partial charge in [-0.25, -0.2) is 19.7 Å². The first-order chi connectivity index (χ1) is 15.1. The van der Waals surface area contributed by atoms with Gasteiger partial charge in [-0.3, -0.25) is 9.69 Å². The van der Waals surface area contributed by atoms with Crippen molar-refractivity contribution in [3.8, 4) is 0 Å². The Morgan fingerprint density at radius 1 is 1.26 bits per heavy atom. The number of nitrogens with one attached hydrogen (secondary N) is 2. The van der Waals surface area contributed by atoms with Crippen molar-refractivity contribution in [2.75, 3.05) is 25.0 Å². The lowest BCUT2D eigenvalue weighted by Gasteiger charge is -2.23. The van der Waals surface area contributed by atoms with Gasteiger partial charge in [-0.2, -0.15) is 0 Å². The van der Waals surface area contributed by atoms with Gasteiger partial charge in [0.25, 0.3) is 0 Å². The predicted octanol–water partition coefficient (Wildman–Crippen LogP) is 4.05. The quantitative estimate of drug-likeness (QED) is 0.480. The zero-order chi connectivity index (χ0) is 21.6. The maximum atomic E-state index is 14.2. The summed E-state index contributed by atoms with van der Waals surface area (Å²) in [7, 11) is 0. The third kappa shape index (κ3) is 6.16. The summed E-state index contributed by atoms with van der Waals surface area (Å²) in [6.07, 6.45) is 10.9. The second-order valence-corrected chi connectivity index (χ2v) is 8.91. The first-order valence-corrected chi connectivity index (χ1v) is 11.6. The van der Waals surface area contributed by atoms with E-state index in [1.807, 2.05) is 0 Å². The van der Waals surface area contributed by atoms with Gasteiger partial charge in [0.1, 0.15) is 5.82 Å². The van der Waals surface area contributed by atoms with E-state index in [1.165, 1.54) is 31.9 Å². The summed E-state index contributed by atoms with van der Waals surface area (Å²) in [5, 5.41) is 3.81. The largest absolute Gasteiger partial charge is 0.365 e. The van der Waals surface area contributed by atoms with Crippen LogP contribution in [0.4, 0.5) is 10.2 Å². The lowest BCUT2D eigenvalue weighted by atomic mass is 10.2. The number of carbonyl (C=O) groups is 1. The number of ether oxygens (including phenoxy) is 1. The molecule has 2 atom stereocenters. The first-order valence-electron chi connectivity index (χ1n) is 11.2. The van der Waals surface area contributed by atoms with Crippen LogP contribution in [0, 0.1) is 0 Å². The van der Waals surface area contributed by atoms with Crippen molar-refractivity contribution in [3.63, 3.8) is 0 Å². The number of amides is 1. The molecule has 170 valence electrons. The molecule has 1 amide bonds. The van der Waals surface area contributed by atoms with Crippen molar-refractivity contribution < 1.29 is 18.8 Å². The van der Waals surface area contributed by atoms with E-state index in [2.05, 4.69) is 20.7 Å². The maximum Gasteiger partial charge on any atom is 0.303 e. The molecule has 0 radical (unpaired) electrons. The number of pyridine rings is 1. The minimum Gasteiger partial charge on any atom is -0.365 e. The summed E-state index contributed by atoms with van der Waals surface area (Å²) in [5.41, 5.74) is 2.50. The van der Waals surface area contributed by atoms with Gasteiger partial charge in [0.2, 0.25) is 0 Å². The molecule has 0 aromatic carbocycles. The van der Waals surface area contributed by atoms with Gasteiger partial charge >= 0.3 is 5.91 Å². The summed E-state index contributed by atoms with van der Waals surface area (Å²) < 4.78 is 19.6. The fraction of sp³-hybridized carbons (Fsp3) is 0.636. The molecule has 2 aliphatic heterocycles. The van der Waals surface area contributed by atoms with Gasteiger partial charge in [-0.1, -0.05) is 24.4 Å². The van der Waals surface area contributed by atoms with Crippen LogP contribution in [-0.2, 0) is 14.4 Å². The number of hydrogen-bond donors (Lipinski definition) is 2. The van der Waals surface area contributed by atoms with Gasteiger partial charge in [0.15, 0.2) is 12.1 Å². The molecule has 7 nitrogen and oxygen atoms in total. The van der Waals surface area contributed by atoms with E-state index >= 15 is 0 Å². The first kappa shape index (κ1) is 22.5. The van der Waals surface area contributed by atoms with Gasteiger partial charge in [0, 0.05) is 44.4 Å². The average molecular weight is 453 g/mol. The molecule has 1 unspecified atom stereocenters. The zero-order valence-corrected chi connectivity index (χ0v) is 18.4. The molecule has 3 aliphatic rings. The monoisotopic (exact) mass is 452 g/mol. The molecule has 0 bridgehead atoms. The van der Waals surface area contributed by atoms with Crippen molar-refractivity contribution >= 4 is 29.4 Å². The third-order valence-electron chi connectivity index (χ3n) is 6.20. The normalized spacial score (nSPS) is 25.7. The van der Waals surface area contributed by atoms with E-state index < -0.39 is 18.0 Å².